The summed E-state index contributed by atoms with van der Waals surface area (Å²) in [5.74, 6) is -0.575. The van der Waals surface area contributed by atoms with Gasteiger partial charge in [-0.25, -0.2) is 0 Å². The zero-order valence-corrected chi connectivity index (χ0v) is 8.07. The summed E-state index contributed by atoms with van der Waals surface area (Å²) in [7, 11) is 0. The van der Waals surface area contributed by atoms with E-state index in [0.717, 1.165) is 0 Å². The predicted octanol–water partition coefficient (Wildman–Crippen LogP) is 0.0335. The zero-order chi connectivity index (χ0) is 10.5. The maximum atomic E-state index is 11.1. The van der Waals surface area contributed by atoms with Crippen LogP contribution in [0.3, 0.4) is 0 Å². The van der Waals surface area contributed by atoms with Crippen molar-refractivity contribution in [1.82, 2.24) is 0 Å². The van der Waals surface area contributed by atoms with Gasteiger partial charge in [-0.3, -0.25) is 9.59 Å². The van der Waals surface area contributed by atoms with Crippen molar-refractivity contribution in [2.75, 3.05) is 6.79 Å². The van der Waals surface area contributed by atoms with E-state index < -0.39 is 12.0 Å². The van der Waals surface area contributed by atoms with Crippen LogP contribution in [0.5, 0.6) is 0 Å². The number of nitrogens with two attached hydrogens (primary N) is 1. The molecule has 0 saturated carbocycles. The van der Waals surface area contributed by atoms with Crippen molar-refractivity contribution in [3.05, 3.63) is 0 Å². The van der Waals surface area contributed by atoms with Gasteiger partial charge in [0, 0.05) is 0 Å². The lowest BCUT2D eigenvalue weighted by molar-refractivity contribution is -0.163. The Morgan fingerprint density at radius 1 is 1.54 bits per heavy atom. The summed E-state index contributed by atoms with van der Waals surface area (Å²) in [5.41, 5.74) is 5.20. The Morgan fingerprint density at radius 3 is 2.46 bits per heavy atom. The molecule has 0 radical (unpaired) electrons. The fourth-order valence-electron chi connectivity index (χ4n) is 0.563. The van der Waals surface area contributed by atoms with E-state index in [4.69, 9.17) is 5.73 Å². The van der Waals surface area contributed by atoms with Crippen LogP contribution in [-0.4, -0.2) is 25.3 Å². The van der Waals surface area contributed by atoms with Crippen LogP contribution in [0.1, 0.15) is 20.8 Å². The number of carbonyl (C=O) groups is 2. The number of hydrogen-bond acceptors (Lipinski definition) is 5. The highest BCUT2D eigenvalue weighted by Gasteiger charge is 2.28. The third-order valence-corrected chi connectivity index (χ3v) is 1.52. The second-order valence-electron chi connectivity index (χ2n) is 3.69. The van der Waals surface area contributed by atoms with Gasteiger partial charge in [-0.05, 0) is 5.41 Å². The Balaban J connectivity index is 3.90. The van der Waals surface area contributed by atoms with Crippen LogP contribution < -0.4 is 5.73 Å². The molecule has 0 aliphatic heterocycles. The van der Waals surface area contributed by atoms with Gasteiger partial charge in [0.05, 0.1) is 0 Å². The van der Waals surface area contributed by atoms with Gasteiger partial charge in [-0.2, -0.15) is 0 Å². The first-order valence-electron chi connectivity index (χ1n) is 3.87. The lowest BCUT2D eigenvalue weighted by Crippen LogP contribution is -2.43. The molecular formula is C8H15NO4. The molecule has 1 atom stereocenters. The van der Waals surface area contributed by atoms with Crippen LogP contribution in [0.15, 0.2) is 0 Å². The maximum Gasteiger partial charge on any atom is 0.326 e. The third kappa shape index (κ3) is 4.47. The van der Waals surface area contributed by atoms with Crippen molar-refractivity contribution in [2.24, 2.45) is 11.1 Å². The molecule has 0 aromatic carbocycles. The van der Waals surface area contributed by atoms with Crippen molar-refractivity contribution >= 4 is 12.4 Å². The molecule has 5 nitrogen and oxygen atoms in total. The lowest BCUT2D eigenvalue weighted by atomic mass is 9.87. The van der Waals surface area contributed by atoms with Crippen LogP contribution >= 0.6 is 0 Å². The quantitative estimate of drug-likeness (QED) is 0.292. The average molecular weight is 189 g/mol. The summed E-state index contributed by atoms with van der Waals surface area (Å²) in [5, 5.41) is 0. The van der Waals surface area contributed by atoms with E-state index in [1.54, 1.807) is 0 Å². The Bertz CT molecular complexity index is 185. The van der Waals surface area contributed by atoms with E-state index >= 15 is 0 Å². The molecule has 0 saturated heterocycles. The van der Waals surface area contributed by atoms with Crippen LogP contribution in [0.4, 0.5) is 0 Å². The highest BCUT2D eigenvalue weighted by molar-refractivity contribution is 5.76. The highest BCUT2D eigenvalue weighted by atomic mass is 16.7. The van der Waals surface area contributed by atoms with Crippen LogP contribution in [-0.2, 0) is 19.1 Å². The molecule has 13 heavy (non-hydrogen) atoms. The summed E-state index contributed by atoms with van der Waals surface area (Å²) in [6.45, 7) is 5.28. The summed E-state index contributed by atoms with van der Waals surface area (Å²) >= 11 is 0. The minimum atomic E-state index is -0.720. The standard InChI is InChI=1S/C8H15NO4/c1-8(2,3)6(9)7(11)13-5-12-4-10/h4,6H,5,9H2,1-3H3/t6-/m1/s1. The van der Waals surface area contributed by atoms with E-state index in [9.17, 15) is 9.59 Å². The normalized spacial score (nSPS) is 13.2. The Morgan fingerprint density at radius 2 is 2.08 bits per heavy atom. The number of hydrogen-bond donors (Lipinski definition) is 1. The van der Waals surface area contributed by atoms with Crippen LogP contribution in [0.2, 0.25) is 0 Å². The van der Waals surface area contributed by atoms with E-state index in [-0.39, 0.29) is 18.7 Å². The zero-order valence-electron chi connectivity index (χ0n) is 8.07. The smallest absolute Gasteiger partial charge is 0.326 e. The molecule has 0 aromatic heterocycles. The number of carbonyl (C=O) groups excluding carboxylic acids is 2. The number of esters is 1. The first-order valence-corrected chi connectivity index (χ1v) is 3.87. The molecule has 76 valence electrons. The third-order valence-electron chi connectivity index (χ3n) is 1.52. The molecule has 2 N–H and O–H groups in total. The van der Waals surface area contributed by atoms with Crippen molar-refractivity contribution in [1.29, 1.82) is 0 Å². The van der Waals surface area contributed by atoms with E-state index in [1.807, 2.05) is 20.8 Å². The monoisotopic (exact) mass is 189 g/mol. The van der Waals surface area contributed by atoms with Crippen molar-refractivity contribution in [3.8, 4) is 0 Å². The topological polar surface area (TPSA) is 78.6 Å². The van der Waals surface area contributed by atoms with Gasteiger partial charge in [0.15, 0.2) is 0 Å². The summed E-state index contributed by atoms with van der Waals surface area (Å²) < 4.78 is 8.74. The summed E-state index contributed by atoms with van der Waals surface area (Å²) in [6, 6.07) is -0.720. The average Bonchev–Trinajstić information content (AvgIpc) is 2.01. The van der Waals surface area contributed by atoms with Crippen molar-refractivity contribution < 1.29 is 19.1 Å². The van der Waals surface area contributed by atoms with Crippen LogP contribution in [0.25, 0.3) is 0 Å². The SMILES string of the molecule is CC(C)(C)[C@H](N)C(=O)OCOC=O. The molecule has 0 aliphatic carbocycles. The molecular weight excluding hydrogens is 174 g/mol. The summed E-state index contributed by atoms with van der Waals surface area (Å²) in [6.07, 6.45) is 0. The predicted molar refractivity (Wildman–Crippen MR) is 45.5 cm³/mol. The van der Waals surface area contributed by atoms with Gasteiger partial charge in [0.1, 0.15) is 6.04 Å². The molecule has 0 rings (SSSR count). The van der Waals surface area contributed by atoms with E-state index in [1.165, 1.54) is 0 Å². The van der Waals surface area contributed by atoms with Gasteiger partial charge >= 0.3 is 5.97 Å². The molecule has 0 amide bonds. The largest absolute Gasteiger partial charge is 0.430 e. The highest BCUT2D eigenvalue weighted by Crippen LogP contribution is 2.17. The first kappa shape index (κ1) is 11.9. The minimum absolute atomic E-state index is 0.204. The number of rotatable bonds is 4. The molecule has 0 aliphatic rings. The van der Waals surface area contributed by atoms with Gasteiger partial charge in [-0.1, -0.05) is 20.8 Å². The molecule has 0 unspecified atom stereocenters. The molecule has 0 aromatic rings. The van der Waals surface area contributed by atoms with Crippen LogP contribution in [0, 0.1) is 5.41 Å². The first-order chi connectivity index (χ1) is 5.89. The molecule has 5 heteroatoms. The van der Waals surface area contributed by atoms with Gasteiger partial charge in [0.25, 0.3) is 6.47 Å². The van der Waals surface area contributed by atoms with Crippen molar-refractivity contribution in [3.63, 3.8) is 0 Å². The molecule has 0 fully saturated rings. The van der Waals surface area contributed by atoms with Gasteiger partial charge in [-0.15, -0.1) is 0 Å². The molecule has 0 bridgehead atoms. The fraction of sp³-hybridized carbons (Fsp3) is 0.750. The van der Waals surface area contributed by atoms with Gasteiger partial charge < -0.3 is 15.2 Å². The second-order valence-corrected chi connectivity index (χ2v) is 3.69. The van der Waals surface area contributed by atoms with Crippen molar-refractivity contribution in [2.45, 2.75) is 26.8 Å². The molecule has 0 spiro atoms. The van der Waals surface area contributed by atoms with E-state index in [0.29, 0.717) is 0 Å². The maximum absolute atomic E-state index is 11.1. The summed E-state index contributed by atoms with van der Waals surface area (Å²) in [4.78, 5) is 20.8. The Labute approximate surface area is 77.2 Å². The van der Waals surface area contributed by atoms with Gasteiger partial charge in [0.2, 0.25) is 6.79 Å². The number of ether oxygens (including phenoxy) is 2. The minimum Gasteiger partial charge on any atom is -0.430 e. The lowest BCUT2D eigenvalue weighted by Gasteiger charge is -2.24. The van der Waals surface area contributed by atoms with E-state index in [2.05, 4.69) is 9.47 Å². The molecule has 0 heterocycles. The fourth-order valence-corrected chi connectivity index (χ4v) is 0.563. The Hall–Kier alpha value is -1.10. The second kappa shape index (κ2) is 4.81. The Kier molecular flexibility index (Phi) is 4.40.